The molecule has 2 aromatic rings. The zero-order valence-corrected chi connectivity index (χ0v) is 14.7. The molecule has 1 unspecified atom stereocenters. The summed E-state index contributed by atoms with van der Waals surface area (Å²) in [5.41, 5.74) is 5.29. The number of carbonyl (C=O) groups is 2. The summed E-state index contributed by atoms with van der Waals surface area (Å²) in [6.07, 6.45) is 3.02. The summed E-state index contributed by atoms with van der Waals surface area (Å²) in [4.78, 5) is 24.3. The van der Waals surface area contributed by atoms with Gasteiger partial charge in [-0.1, -0.05) is 24.2 Å². The van der Waals surface area contributed by atoms with E-state index in [9.17, 15) is 9.59 Å². The van der Waals surface area contributed by atoms with Crippen molar-refractivity contribution in [3.05, 3.63) is 17.5 Å². The van der Waals surface area contributed by atoms with Crippen molar-refractivity contribution in [2.45, 2.75) is 42.6 Å². The van der Waals surface area contributed by atoms with Crippen molar-refractivity contribution >= 4 is 34.9 Å². The lowest BCUT2D eigenvalue weighted by atomic mass is 10.2. The molecule has 9 heteroatoms. The SMILES string of the molecule is NC(=O)CCn1c(SC2CCCCNC2=O)nnc1-c1cccs1. The van der Waals surface area contributed by atoms with Crippen molar-refractivity contribution in [3.8, 4) is 10.7 Å². The molecule has 0 radical (unpaired) electrons. The van der Waals surface area contributed by atoms with E-state index in [4.69, 9.17) is 5.73 Å². The van der Waals surface area contributed by atoms with Crippen LogP contribution in [-0.2, 0) is 16.1 Å². The molecule has 0 aromatic carbocycles. The number of thioether (sulfide) groups is 1. The Morgan fingerprint density at radius 1 is 1.46 bits per heavy atom. The van der Waals surface area contributed by atoms with Crippen LogP contribution in [0.15, 0.2) is 22.7 Å². The molecule has 2 aromatic heterocycles. The molecule has 7 nitrogen and oxygen atoms in total. The third-order valence-corrected chi connectivity index (χ3v) is 5.89. The maximum atomic E-state index is 12.2. The molecular formula is C15H19N5O2S2. The van der Waals surface area contributed by atoms with Gasteiger partial charge in [0.1, 0.15) is 0 Å². The maximum Gasteiger partial charge on any atom is 0.233 e. The Kier molecular flexibility index (Phi) is 5.52. The van der Waals surface area contributed by atoms with Crippen LogP contribution < -0.4 is 11.1 Å². The van der Waals surface area contributed by atoms with Crippen molar-refractivity contribution in [2.75, 3.05) is 6.54 Å². The van der Waals surface area contributed by atoms with Crippen LogP contribution in [0.25, 0.3) is 10.7 Å². The van der Waals surface area contributed by atoms with Gasteiger partial charge in [-0.3, -0.25) is 9.59 Å². The Morgan fingerprint density at radius 3 is 3.08 bits per heavy atom. The third kappa shape index (κ3) is 3.96. The highest BCUT2D eigenvalue weighted by atomic mass is 32.2. The van der Waals surface area contributed by atoms with E-state index in [0.29, 0.717) is 17.5 Å². The zero-order valence-electron chi connectivity index (χ0n) is 13.1. The van der Waals surface area contributed by atoms with E-state index in [1.165, 1.54) is 11.8 Å². The number of nitrogens with zero attached hydrogens (tertiary/aromatic N) is 3. The predicted molar refractivity (Wildman–Crippen MR) is 93.7 cm³/mol. The van der Waals surface area contributed by atoms with Gasteiger partial charge < -0.3 is 15.6 Å². The van der Waals surface area contributed by atoms with Crippen LogP contribution in [0.5, 0.6) is 0 Å². The summed E-state index contributed by atoms with van der Waals surface area (Å²) < 4.78 is 1.89. The first-order chi connectivity index (χ1) is 11.6. The molecule has 1 fully saturated rings. The normalized spacial score (nSPS) is 18.2. The van der Waals surface area contributed by atoms with E-state index < -0.39 is 0 Å². The monoisotopic (exact) mass is 365 g/mol. The van der Waals surface area contributed by atoms with Crippen LogP contribution in [0.2, 0.25) is 0 Å². The van der Waals surface area contributed by atoms with Gasteiger partial charge in [0.05, 0.1) is 10.1 Å². The molecule has 1 aliphatic rings. The fourth-order valence-electron chi connectivity index (χ4n) is 2.54. The van der Waals surface area contributed by atoms with E-state index in [-0.39, 0.29) is 23.5 Å². The summed E-state index contributed by atoms with van der Waals surface area (Å²) >= 11 is 2.97. The number of rotatable bonds is 6. The number of amides is 2. The summed E-state index contributed by atoms with van der Waals surface area (Å²) in [6.45, 7) is 1.14. The molecule has 0 saturated carbocycles. The number of hydrogen-bond donors (Lipinski definition) is 2. The molecule has 24 heavy (non-hydrogen) atoms. The average Bonchev–Trinajstić information content (AvgIpc) is 3.16. The molecule has 0 aliphatic carbocycles. The van der Waals surface area contributed by atoms with Crippen LogP contribution in [0.1, 0.15) is 25.7 Å². The van der Waals surface area contributed by atoms with Crippen LogP contribution in [0.4, 0.5) is 0 Å². The average molecular weight is 365 g/mol. The van der Waals surface area contributed by atoms with Gasteiger partial charge in [-0.05, 0) is 24.3 Å². The second-order valence-electron chi connectivity index (χ2n) is 5.54. The van der Waals surface area contributed by atoms with Gasteiger partial charge in [0, 0.05) is 19.5 Å². The van der Waals surface area contributed by atoms with Gasteiger partial charge >= 0.3 is 0 Å². The van der Waals surface area contributed by atoms with Gasteiger partial charge in [0.25, 0.3) is 0 Å². The summed E-state index contributed by atoms with van der Waals surface area (Å²) in [7, 11) is 0. The zero-order chi connectivity index (χ0) is 16.9. The number of nitrogens with two attached hydrogens (primary N) is 1. The molecule has 0 spiro atoms. The Balaban J connectivity index is 1.86. The molecule has 0 bridgehead atoms. The topological polar surface area (TPSA) is 103 Å². The summed E-state index contributed by atoms with van der Waals surface area (Å²) in [5.74, 6) is 0.381. The van der Waals surface area contributed by atoms with Crippen molar-refractivity contribution in [3.63, 3.8) is 0 Å². The van der Waals surface area contributed by atoms with Crippen LogP contribution in [0.3, 0.4) is 0 Å². The Hall–Kier alpha value is -1.87. The largest absolute Gasteiger partial charge is 0.370 e. The lowest BCUT2D eigenvalue weighted by Gasteiger charge is -2.13. The molecule has 128 valence electrons. The number of carbonyl (C=O) groups excluding carboxylic acids is 2. The predicted octanol–water partition coefficient (Wildman–Crippen LogP) is 1.64. The number of aromatic nitrogens is 3. The standard InChI is InChI=1S/C15H19N5O2S2/c16-12(21)6-8-20-13(10-5-3-9-23-10)18-19-15(20)24-11-4-1-2-7-17-14(11)22/h3,5,9,11H,1-2,4,6-8H2,(H2,16,21)(H,17,22). The highest BCUT2D eigenvalue weighted by Gasteiger charge is 2.25. The fraction of sp³-hybridized carbons (Fsp3) is 0.467. The second kappa shape index (κ2) is 7.80. The first-order valence-corrected chi connectivity index (χ1v) is 9.61. The number of hydrogen-bond acceptors (Lipinski definition) is 6. The molecule has 3 N–H and O–H groups in total. The van der Waals surface area contributed by atoms with E-state index >= 15 is 0 Å². The van der Waals surface area contributed by atoms with E-state index in [2.05, 4.69) is 15.5 Å². The van der Waals surface area contributed by atoms with Crippen molar-refractivity contribution in [1.29, 1.82) is 0 Å². The van der Waals surface area contributed by atoms with Crippen LogP contribution in [-0.4, -0.2) is 38.4 Å². The minimum Gasteiger partial charge on any atom is -0.370 e. The van der Waals surface area contributed by atoms with E-state index in [0.717, 1.165) is 30.7 Å². The Morgan fingerprint density at radius 2 is 2.33 bits per heavy atom. The number of primary amides is 1. The van der Waals surface area contributed by atoms with Crippen LogP contribution >= 0.6 is 23.1 Å². The van der Waals surface area contributed by atoms with Gasteiger partial charge in [-0.25, -0.2) is 0 Å². The highest BCUT2D eigenvalue weighted by molar-refractivity contribution is 8.00. The second-order valence-corrected chi connectivity index (χ2v) is 7.66. The number of thiophene rings is 1. The van der Waals surface area contributed by atoms with Crippen molar-refractivity contribution in [2.24, 2.45) is 5.73 Å². The first-order valence-electron chi connectivity index (χ1n) is 7.85. The fourth-order valence-corrected chi connectivity index (χ4v) is 4.38. The minimum absolute atomic E-state index is 0.0413. The summed E-state index contributed by atoms with van der Waals surface area (Å²) in [5, 5.41) is 13.9. The van der Waals surface area contributed by atoms with E-state index in [1.807, 2.05) is 22.1 Å². The molecule has 1 atom stereocenters. The quantitative estimate of drug-likeness (QED) is 0.810. The van der Waals surface area contributed by atoms with Crippen molar-refractivity contribution < 1.29 is 9.59 Å². The lowest BCUT2D eigenvalue weighted by Crippen LogP contribution is -2.30. The first kappa shape index (κ1) is 17.0. The van der Waals surface area contributed by atoms with Crippen molar-refractivity contribution in [1.82, 2.24) is 20.1 Å². The molecule has 2 amide bonds. The molecular weight excluding hydrogens is 346 g/mol. The smallest absolute Gasteiger partial charge is 0.233 e. The Bertz CT molecular complexity index is 714. The molecule has 3 rings (SSSR count). The lowest BCUT2D eigenvalue weighted by molar-refractivity contribution is -0.120. The highest BCUT2D eigenvalue weighted by Crippen LogP contribution is 2.31. The molecule has 1 aliphatic heterocycles. The maximum absolute atomic E-state index is 12.2. The molecule has 3 heterocycles. The Labute approximate surface area is 148 Å². The number of nitrogens with one attached hydrogen (secondary N) is 1. The minimum atomic E-state index is -0.371. The van der Waals surface area contributed by atoms with Crippen LogP contribution in [0, 0.1) is 0 Å². The third-order valence-electron chi connectivity index (χ3n) is 3.77. The van der Waals surface area contributed by atoms with Gasteiger partial charge in [0.2, 0.25) is 11.8 Å². The molecule has 1 saturated heterocycles. The van der Waals surface area contributed by atoms with Gasteiger partial charge in [-0.15, -0.1) is 21.5 Å². The van der Waals surface area contributed by atoms with Gasteiger partial charge in [-0.2, -0.15) is 0 Å². The van der Waals surface area contributed by atoms with Gasteiger partial charge in [0.15, 0.2) is 11.0 Å². The summed E-state index contributed by atoms with van der Waals surface area (Å²) in [6, 6.07) is 3.90. The van der Waals surface area contributed by atoms with E-state index in [1.54, 1.807) is 11.3 Å².